The molecule has 1 aliphatic heterocycles. The fourth-order valence-electron chi connectivity index (χ4n) is 3.69. The number of amides is 2. The highest BCUT2D eigenvalue weighted by atomic mass is 16.6. The average Bonchev–Trinajstić information content (AvgIpc) is 2.90. The molecule has 1 N–H and O–H groups in total. The number of carbonyl (C=O) groups is 2. The minimum atomic E-state index is -0.158. The van der Waals surface area contributed by atoms with E-state index in [2.05, 4.69) is 5.48 Å². The van der Waals surface area contributed by atoms with Gasteiger partial charge in [0.15, 0.2) is 0 Å². The van der Waals surface area contributed by atoms with Gasteiger partial charge in [-0.15, -0.1) is 0 Å². The third-order valence-corrected chi connectivity index (χ3v) is 5.18. The van der Waals surface area contributed by atoms with Crippen LogP contribution < -0.4 is 5.48 Å². The Balaban J connectivity index is 1.26. The molecular weight excluding hydrogens is 316 g/mol. The van der Waals surface area contributed by atoms with Crippen LogP contribution in [-0.4, -0.2) is 36.4 Å². The number of nitrogens with zero attached hydrogens (tertiary/aromatic N) is 1. The summed E-state index contributed by atoms with van der Waals surface area (Å²) in [4.78, 5) is 31.4. The second kappa shape index (κ2) is 9.11. The van der Waals surface area contributed by atoms with Gasteiger partial charge in [-0.2, -0.15) is 0 Å². The van der Waals surface area contributed by atoms with Gasteiger partial charge < -0.3 is 4.84 Å². The van der Waals surface area contributed by atoms with Gasteiger partial charge in [-0.3, -0.25) is 14.5 Å². The molecule has 0 saturated heterocycles. The van der Waals surface area contributed by atoms with E-state index in [1.807, 2.05) is 0 Å². The lowest BCUT2D eigenvalue weighted by molar-refractivity contribution is 0.00855. The van der Waals surface area contributed by atoms with Gasteiger partial charge in [0.1, 0.15) is 0 Å². The highest BCUT2D eigenvalue weighted by Gasteiger charge is 2.34. The Kier molecular flexibility index (Phi) is 6.59. The molecule has 1 saturated carbocycles. The predicted octanol–water partition coefficient (Wildman–Crippen LogP) is 3.55. The van der Waals surface area contributed by atoms with Crippen LogP contribution in [0.2, 0.25) is 0 Å². The molecule has 136 valence electrons. The standard InChI is InChI=1S/C20H28N2O3/c23-19-17-11-5-6-12-18(17)20(24)22(19)14-8-2-7-13-21-25-15-16-9-3-1-4-10-16/h5-6,11-12,16,21H,1-4,7-10,13-15H2. The van der Waals surface area contributed by atoms with Gasteiger partial charge in [0.05, 0.1) is 17.7 Å². The average molecular weight is 344 g/mol. The zero-order valence-corrected chi connectivity index (χ0v) is 14.8. The largest absolute Gasteiger partial charge is 0.302 e. The Morgan fingerprint density at radius 1 is 0.960 bits per heavy atom. The van der Waals surface area contributed by atoms with Crippen molar-refractivity contribution in [3.05, 3.63) is 35.4 Å². The second-order valence-electron chi connectivity index (χ2n) is 7.08. The van der Waals surface area contributed by atoms with Gasteiger partial charge in [-0.1, -0.05) is 37.8 Å². The molecule has 0 spiro atoms. The number of imide groups is 1. The van der Waals surface area contributed by atoms with Crippen molar-refractivity contribution >= 4 is 11.8 Å². The number of hydroxylamine groups is 1. The summed E-state index contributed by atoms with van der Waals surface area (Å²) in [5.74, 6) is 0.402. The van der Waals surface area contributed by atoms with Crippen LogP contribution in [0.15, 0.2) is 24.3 Å². The first-order chi connectivity index (χ1) is 12.3. The Labute approximate surface area is 149 Å². The summed E-state index contributed by atoms with van der Waals surface area (Å²) in [6.45, 7) is 2.12. The third-order valence-electron chi connectivity index (χ3n) is 5.18. The summed E-state index contributed by atoms with van der Waals surface area (Å²) in [5, 5.41) is 0. The van der Waals surface area contributed by atoms with Crippen molar-refractivity contribution in [3.8, 4) is 0 Å². The minimum absolute atomic E-state index is 0.158. The number of hydrogen-bond acceptors (Lipinski definition) is 4. The molecule has 3 rings (SSSR count). The number of nitrogens with one attached hydrogen (secondary N) is 1. The van der Waals surface area contributed by atoms with Crippen molar-refractivity contribution in [3.63, 3.8) is 0 Å². The van der Waals surface area contributed by atoms with Crippen LogP contribution in [-0.2, 0) is 4.84 Å². The molecular formula is C20H28N2O3. The van der Waals surface area contributed by atoms with Crippen LogP contribution >= 0.6 is 0 Å². The topological polar surface area (TPSA) is 58.6 Å². The van der Waals surface area contributed by atoms with Crippen LogP contribution in [0, 0.1) is 5.92 Å². The van der Waals surface area contributed by atoms with Crippen molar-refractivity contribution < 1.29 is 14.4 Å². The summed E-state index contributed by atoms with van der Waals surface area (Å²) < 4.78 is 0. The zero-order chi connectivity index (χ0) is 17.5. The molecule has 0 atom stereocenters. The fraction of sp³-hybridized carbons (Fsp3) is 0.600. The molecule has 0 bridgehead atoms. The van der Waals surface area contributed by atoms with Crippen LogP contribution in [0.4, 0.5) is 0 Å². The molecule has 2 aliphatic rings. The maximum atomic E-state index is 12.2. The quantitative estimate of drug-likeness (QED) is 0.423. The summed E-state index contributed by atoms with van der Waals surface area (Å²) in [5.41, 5.74) is 4.11. The van der Waals surface area contributed by atoms with Crippen molar-refractivity contribution in [1.29, 1.82) is 0 Å². The number of fused-ring (bicyclic) bond motifs is 1. The van der Waals surface area contributed by atoms with Gasteiger partial charge in [0, 0.05) is 13.1 Å². The summed E-state index contributed by atoms with van der Waals surface area (Å²) in [6.07, 6.45) is 9.41. The van der Waals surface area contributed by atoms with Crippen molar-refractivity contribution in [2.24, 2.45) is 5.92 Å². The second-order valence-corrected chi connectivity index (χ2v) is 7.08. The molecule has 5 heteroatoms. The van der Waals surface area contributed by atoms with Gasteiger partial charge in [0.2, 0.25) is 0 Å². The van der Waals surface area contributed by atoms with Crippen molar-refractivity contribution in [2.75, 3.05) is 19.7 Å². The molecule has 25 heavy (non-hydrogen) atoms. The molecule has 2 amide bonds. The van der Waals surface area contributed by atoms with E-state index in [9.17, 15) is 9.59 Å². The van der Waals surface area contributed by atoms with Crippen molar-refractivity contribution in [1.82, 2.24) is 10.4 Å². The van der Waals surface area contributed by atoms with Crippen LogP contribution in [0.1, 0.15) is 72.1 Å². The summed E-state index contributed by atoms with van der Waals surface area (Å²) in [7, 11) is 0. The van der Waals surface area contributed by atoms with E-state index in [1.54, 1.807) is 24.3 Å². The maximum absolute atomic E-state index is 12.2. The molecule has 1 aromatic carbocycles. The third kappa shape index (κ3) is 4.67. The van der Waals surface area contributed by atoms with E-state index in [-0.39, 0.29) is 11.8 Å². The van der Waals surface area contributed by atoms with E-state index < -0.39 is 0 Å². The lowest BCUT2D eigenvalue weighted by Gasteiger charge is -2.21. The van der Waals surface area contributed by atoms with E-state index >= 15 is 0 Å². The Morgan fingerprint density at radius 2 is 1.64 bits per heavy atom. The van der Waals surface area contributed by atoms with Gasteiger partial charge in [-0.05, 0) is 43.7 Å². The van der Waals surface area contributed by atoms with Crippen LogP contribution in [0.25, 0.3) is 0 Å². The molecule has 0 radical (unpaired) electrons. The van der Waals surface area contributed by atoms with E-state index in [4.69, 9.17) is 4.84 Å². The monoisotopic (exact) mass is 344 g/mol. The molecule has 0 aromatic heterocycles. The van der Waals surface area contributed by atoms with Gasteiger partial charge >= 0.3 is 0 Å². The molecule has 1 aliphatic carbocycles. The lowest BCUT2D eigenvalue weighted by Crippen LogP contribution is -2.30. The Bertz CT molecular complexity index is 561. The maximum Gasteiger partial charge on any atom is 0.261 e. The fourth-order valence-corrected chi connectivity index (χ4v) is 3.69. The number of carbonyl (C=O) groups excluding carboxylic acids is 2. The van der Waals surface area contributed by atoms with Crippen molar-refractivity contribution in [2.45, 2.75) is 51.4 Å². The van der Waals surface area contributed by atoms with E-state index in [0.717, 1.165) is 38.3 Å². The molecule has 1 fully saturated rings. The number of benzene rings is 1. The first-order valence-corrected chi connectivity index (χ1v) is 9.57. The van der Waals surface area contributed by atoms with E-state index in [1.165, 1.54) is 37.0 Å². The predicted molar refractivity (Wildman–Crippen MR) is 96.2 cm³/mol. The first kappa shape index (κ1) is 18.1. The summed E-state index contributed by atoms with van der Waals surface area (Å²) >= 11 is 0. The Hall–Kier alpha value is -1.72. The Morgan fingerprint density at radius 3 is 2.32 bits per heavy atom. The smallest absolute Gasteiger partial charge is 0.261 e. The number of hydrogen-bond donors (Lipinski definition) is 1. The molecule has 5 nitrogen and oxygen atoms in total. The van der Waals surface area contributed by atoms with Gasteiger partial charge in [-0.25, -0.2) is 5.48 Å². The highest BCUT2D eigenvalue weighted by Crippen LogP contribution is 2.24. The number of rotatable bonds is 9. The summed E-state index contributed by atoms with van der Waals surface area (Å²) in [6, 6.07) is 7.05. The SMILES string of the molecule is O=C1c2ccccc2C(=O)N1CCCCCNOCC1CCCCC1. The van der Waals surface area contributed by atoms with Crippen LogP contribution in [0.5, 0.6) is 0 Å². The molecule has 0 unspecified atom stereocenters. The normalized spacial score (nSPS) is 18.0. The zero-order valence-electron chi connectivity index (χ0n) is 14.8. The molecule has 1 heterocycles. The first-order valence-electron chi connectivity index (χ1n) is 9.57. The highest BCUT2D eigenvalue weighted by molar-refractivity contribution is 6.21. The minimum Gasteiger partial charge on any atom is -0.302 e. The molecule has 1 aromatic rings. The van der Waals surface area contributed by atoms with E-state index in [0.29, 0.717) is 17.7 Å². The van der Waals surface area contributed by atoms with Gasteiger partial charge in [0.25, 0.3) is 11.8 Å². The number of unbranched alkanes of at least 4 members (excludes halogenated alkanes) is 2. The lowest BCUT2D eigenvalue weighted by atomic mass is 9.90. The van der Waals surface area contributed by atoms with Crippen LogP contribution in [0.3, 0.4) is 0 Å².